The Morgan fingerprint density at radius 1 is 0.850 bits per heavy atom. The predicted molar refractivity (Wildman–Crippen MR) is 81.0 cm³/mol. The van der Waals surface area contributed by atoms with Crippen LogP contribution in [0.3, 0.4) is 0 Å². The molecular weight excluding hydrogens is 248 g/mol. The average Bonchev–Trinajstić information content (AvgIpc) is 2.48. The normalized spacial score (nSPS) is 11.2. The highest BCUT2D eigenvalue weighted by molar-refractivity contribution is 5.93. The zero-order valence-electron chi connectivity index (χ0n) is 11.1. The lowest BCUT2D eigenvalue weighted by molar-refractivity contribution is 0.482. The molecule has 0 atom stereocenters. The van der Waals surface area contributed by atoms with E-state index in [1.54, 1.807) is 0 Å². The molecule has 3 rings (SSSR count). The van der Waals surface area contributed by atoms with Crippen LogP contribution in [-0.4, -0.2) is 5.11 Å². The smallest absolute Gasteiger partial charge is 0.151 e. The molecule has 20 heavy (non-hydrogen) atoms. The molecule has 98 valence electrons. The van der Waals surface area contributed by atoms with Crippen molar-refractivity contribution in [3.05, 3.63) is 66.2 Å². The molecule has 0 saturated carbocycles. The van der Waals surface area contributed by atoms with E-state index in [-0.39, 0.29) is 5.75 Å². The van der Waals surface area contributed by atoms with Gasteiger partial charge in [-0.3, -0.25) is 0 Å². The number of aromatic hydroxyl groups is 1. The van der Waals surface area contributed by atoms with Crippen LogP contribution in [0.2, 0.25) is 0 Å². The third-order valence-corrected chi connectivity index (χ3v) is 3.21. The first-order valence-electron chi connectivity index (χ1n) is 6.44. The molecule has 0 amide bonds. The van der Waals surface area contributed by atoms with Crippen molar-refractivity contribution < 1.29 is 5.11 Å². The molecule has 0 unspecified atom stereocenters. The molecule has 0 saturated heterocycles. The van der Waals surface area contributed by atoms with Gasteiger partial charge >= 0.3 is 0 Å². The van der Waals surface area contributed by atoms with Crippen molar-refractivity contribution in [3.8, 4) is 5.75 Å². The monoisotopic (exact) mass is 262 g/mol. The van der Waals surface area contributed by atoms with E-state index in [9.17, 15) is 5.11 Å². The zero-order chi connectivity index (χ0) is 13.9. The Labute approximate surface area is 117 Å². The summed E-state index contributed by atoms with van der Waals surface area (Å²) in [5.74, 6) is 0.181. The van der Waals surface area contributed by atoms with Crippen molar-refractivity contribution in [1.29, 1.82) is 0 Å². The molecule has 0 radical (unpaired) electrons. The van der Waals surface area contributed by atoms with Crippen LogP contribution in [0, 0.1) is 6.92 Å². The standard InChI is InChI=1S/C17H14N2O/c1-12-11-13-7-5-6-10-15(13)17(20)16(12)19-18-14-8-3-2-4-9-14/h2-11,20H,1H3. The molecule has 3 aromatic rings. The van der Waals surface area contributed by atoms with Crippen molar-refractivity contribution in [2.24, 2.45) is 10.2 Å². The van der Waals surface area contributed by atoms with Crippen LogP contribution >= 0.6 is 0 Å². The van der Waals surface area contributed by atoms with Crippen LogP contribution in [0.25, 0.3) is 10.8 Å². The maximum Gasteiger partial charge on any atom is 0.151 e. The van der Waals surface area contributed by atoms with E-state index in [4.69, 9.17) is 0 Å². The highest BCUT2D eigenvalue weighted by Gasteiger charge is 2.09. The van der Waals surface area contributed by atoms with Crippen LogP contribution in [0.4, 0.5) is 11.4 Å². The number of fused-ring (bicyclic) bond motifs is 1. The van der Waals surface area contributed by atoms with E-state index < -0.39 is 0 Å². The second kappa shape index (κ2) is 5.13. The number of azo groups is 1. The van der Waals surface area contributed by atoms with E-state index in [1.165, 1.54) is 0 Å². The molecule has 0 fully saturated rings. The Kier molecular flexibility index (Phi) is 3.17. The summed E-state index contributed by atoms with van der Waals surface area (Å²) in [5, 5.41) is 20.5. The molecule has 3 heteroatoms. The van der Waals surface area contributed by atoms with Crippen molar-refractivity contribution in [3.63, 3.8) is 0 Å². The number of phenolic OH excluding ortho intramolecular Hbond substituents is 1. The Bertz CT molecular complexity index is 780. The summed E-state index contributed by atoms with van der Waals surface area (Å²) < 4.78 is 0. The van der Waals surface area contributed by atoms with Gasteiger partial charge in [0.1, 0.15) is 5.69 Å². The number of phenols is 1. The van der Waals surface area contributed by atoms with Gasteiger partial charge in [-0.05, 0) is 36.1 Å². The van der Waals surface area contributed by atoms with Crippen molar-refractivity contribution in [1.82, 2.24) is 0 Å². The summed E-state index contributed by atoms with van der Waals surface area (Å²) in [5.41, 5.74) is 2.19. The Morgan fingerprint density at radius 2 is 1.55 bits per heavy atom. The molecule has 3 aromatic carbocycles. The minimum atomic E-state index is 0.181. The molecule has 3 nitrogen and oxygen atoms in total. The topological polar surface area (TPSA) is 45.0 Å². The highest BCUT2D eigenvalue weighted by atomic mass is 16.3. The summed E-state index contributed by atoms with van der Waals surface area (Å²) in [4.78, 5) is 0. The largest absolute Gasteiger partial charge is 0.505 e. The van der Waals surface area contributed by atoms with Crippen LogP contribution in [-0.2, 0) is 0 Å². The second-order valence-electron chi connectivity index (χ2n) is 4.65. The van der Waals surface area contributed by atoms with Gasteiger partial charge in [0, 0.05) is 5.39 Å². The highest BCUT2D eigenvalue weighted by Crippen LogP contribution is 2.38. The molecule has 0 aliphatic heterocycles. The number of hydrogen-bond acceptors (Lipinski definition) is 3. The molecule has 0 aliphatic carbocycles. The van der Waals surface area contributed by atoms with Gasteiger partial charge < -0.3 is 5.11 Å². The van der Waals surface area contributed by atoms with Gasteiger partial charge in [-0.15, -0.1) is 5.11 Å². The van der Waals surface area contributed by atoms with Crippen LogP contribution < -0.4 is 0 Å². The number of hydrogen-bond donors (Lipinski definition) is 1. The Hall–Kier alpha value is -2.68. The maximum absolute atomic E-state index is 10.4. The van der Waals surface area contributed by atoms with Gasteiger partial charge in [-0.2, -0.15) is 5.11 Å². The lowest BCUT2D eigenvalue weighted by Gasteiger charge is -2.07. The molecule has 0 bridgehead atoms. The fourth-order valence-electron chi connectivity index (χ4n) is 2.18. The van der Waals surface area contributed by atoms with Gasteiger partial charge in [0.25, 0.3) is 0 Å². The summed E-state index contributed by atoms with van der Waals surface area (Å²) in [6.45, 7) is 1.92. The van der Waals surface area contributed by atoms with Crippen LogP contribution in [0.15, 0.2) is 70.9 Å². The van der Waals surface area contributed by atoms with Gasteiger partial charge in [-0.25, -0.2) is 0 Å². The van der Waals surface area contributed by atoms with E-state index in [2.05, 4.69) is 10.2 Å². The fourth-order valence-corrected chi connectivity index (χ4v) is 2.18. The van der Waals surface area contributed by atoms with Crippen molar-refractivity contribution >= 4 is 22.1 Å². The number of rotatable bonds is 2. The summed E-state index contributed by atoms with van der Waals surface area (Å²) >= 11 is 0. The van der Waals surface area contributed by atoms with Crippen LogP contribution in [0.5, 0.6) is 5.75 Å². The summed E-state index contributed by atoms with van der Waals surface area (Å²) in [6.07, 6.45) is 0. The minimum absolute atomic E-state index is 0.181. The van der Waals surface area contributed by atoms with Gasteiger partial charge in [0.05, 0.1) is 5.69 Å². The Morgan fingerprint density at radius 3 is 2.35 bits per heavy atom. The van der Waals surface area contributed by atoms with Crippen molar-refractivity contribution in [2.45, 2.75) is 6.92 Å². The van der Waals surface area contributed by atoms with Gasteiger partial charge in [0.15, 0.2) is 5.75 Å². The van der Waals surface area contributed by atoms with Gasteiger partial charge in [-0.1, -0.05) is 42.5 Å². The fraction of sp³-hybridized carbons (Fsp3) is 0.0588. The molecule has 0 spiro atoms. The zero-order valence-corrected chi connectivity index (χ0v) is 11.1. The van der Waals surface area contributed by atoms with E-state index in [0.717, 1.165) is 22.0 Å². The summed E-state index contributed by atoms with van der Waals surface area (Å²) in [7, 11) is 0. The summed E-state index contributed by atoms with van der Waals surface area (Å²) in [6, 6.07) is 19.2. The first-order valence-corrected chi connectivity index (χ1v) is 6.44. The van der Waals surface area contributed by atoms with Gasteiger partial charge in [0.2, 0.25) is 0 Å². The maximum atomic E-state index is 10.4. The minimum Gasteiger partial charge on any atom is -0.505 e. The second-order valence-corrected chi connectivity index (χ2v) is 4.65. The SMILES string of the molecule is Cc1cc2ccccc2c(O)c1N=Nc1ccccc1. The van der Waals surface area contributed by atoms with Crippen LogP contribution in [0.1, 0.15) is 5.56 Å². The van der Waals surface area contributed by atoms with E-state index in [1.807, 2.05) is 67.6 Å². The number of aryl methyl sites for hydroxylation is 1. The number of benzene rings is 3. The molecular formula is C17H14N2O. The predicted octanol–water partition coefficient (Wildman–Crippen LogP) is 5.27. The molecule has 0 aromatic heterocycles. The first kappa shape index (κ1) is 12.4. The van der Waals surface area contributed by atoms with Crippen molar-refractivity contribution in [2.75, 3.05) is 0 Å². The average molecular weight is 262 g/mol. The Balaban J connectivity index is 2.10. The van der Waals surface area contributed by atoms with E-state index >= 15 is 0 Å². The lowest BCUT2D eigenvalue weighted by atomic mass is 10.0. The quantitative estimate of drug-likeness (QED) is 0.628. The first-order chi connectivity index (χ1) is 9.75. The third kappa shape index (κ3) is 2.26. The molecule has 1 N–H and O–H groups in total. The lowest BCUT2D eigenvalue weighted by Crippen LogP contribution is -1.80. The third-order valence-electron chi connectivity index (χ3n) is 3.21. The van der Waals surface area contributed by atoms with E-state index in [0.29, 0.717) is 5.69 Å². The molecule has 0 aliphatic rings. The number of nitrogens with zero attached hydrogens (tertiary/aromatic N) is 2. The molecule has 0 heterocycles.